The maximum Gasteiger partial charge on any atom is 0.325 e. The van der Waals surface area contributed by atoms with E-state index in [2.05, 4.69) is 17.4 Å². The number of nitrogens with one attached hydrogen (secondary N) is 1. The first-order valence-corrected chi connectivity index (χ1v) is 11.9. The molecular formula is C25H34N2O4. The monoisotopic (exact) mass is 426 g/mol. The molecule has 2 N–H and O–H groups in total. The van der Waals surface area contributed by atoms with Crippen molar-refractivity contribution in [2.75, 3.05) is 13.2 Å². The molecule has 0 spiro atoms. The highest BCUT2D eigenvalue weighted by atomic mass is 16.5. The summed E-state index contributed by atoms with van der Waals surface area (Å²) in [7, 11) is 0. The lowest BCUT2D eigenvalue weighted by Crippen LogP contribution is -2.48. The Labute approximate surface area is 184 Å². The topological polar surface area (TPSA) is 78.9 Å². The van der Waals surface area contributed by atoms with E-state index in [-0.39, 0.29) is 19.1 Å². The Morgan fingerprint density at radius 3 is 2.19 bits per heavy atom. The summed E-state index contributed by atoms with van der Waals surface area (Å²) in [6.45, 7) is 3.54. The van der Waals surface area contributed by atoms with Crippen molar-refractivity contribution < 1.29 is 19.4 Å². The van der Waals surface area contributed by atoms with Crippen LogP contribution in [0.5, 0.6) is 5.75 Å². The lowest BCUT2D eigenvalue weighted by Gasteiger charge is -2.57. The fraction of sp³-hybridized carbons (Fsp3) is 0.680. The fourth-order valence-electron chi connectivity index (χ4n) is 6.98. The predicted molar refractivity (Wildman–Crippen MR) is 117 cm³/mol. The minimum atomic E-state index is -0.934. The summed E-state index contributed by atoms with van der Waals surface area (Å²) in [6.07, 6.45) is 7.89. The molecule has 6 heteroatoms. The molecule has 6 rings (SSSR count). The number of hydrogen-bond donors (Lipinski definition) is 2. The summed E-state index contributed by atoms with van der Waals surface area (Å²) in [5, 5.41) is 13.1. The number of aliphatic hydroxyl groups excluding tert-OH is 1. The molecule has 4 bridgehead atoms. The Kier molecular flexibility index (Phi) is 5.04. The summed E-state index contributed by atoms with van der Waals surface area (Å²) in [4.78, 5) is 25.7. The summed E-state index contributed by atoms with van der Waals surface area (Å²) < 4.78 is 5.78. The van der Waals surface area contributed by atoms with Crippen molar-refractivity contribution in [2.24, 2.45) is 17.8 Å². The molecule has 0 radical (unpaired) electrons. The molecule has 3 amide bonds. The first-order valence-electron chi connectivity index (χ1n) is 11.9. The number of carbonyl (C=O) groups excluding carboxylic acids is 2. The molecule has 2 atom stereocenters. The van der Waals surface area contributed by atoms with Crippen molar-refractivity contribution in [1.29, 1.82) is 0 Å². The zero-order chi connectivity index (χ0) is 21.8. The van der Waals surface area contributed by atoms with E-state index >= 15 is 0 Å². The van der Waals surface area contributed by atoms with Gasteiger partial charge >= 0.3 is 6.03 Å². The van der Waals surface area contributed by atoms with Gasteiger partial charge in [0.2, 0.25) is 0 Å². The van der Waals surface area contributed by atoms with Crippen LogP contribution >= 0.6 is 0 Å². The van der Waals surface area contributed by atoms with Crippen LogP contribution in [0.1, 0.15) is 64.4 Å². The molecule has 31 heavy (non-hydrogen) atoms. The fourth-order valence-corrected chi connectivity index (χ4v) is 6.98. The minimum absolute atomic E-state index is 0.0383. The van der Waals surface area contributed by atoms with Crippen LogP contribution in [0.25, 0.3) is 0 Å². The van der Waals surface area contributed by atoms with Gasteiger partial charge in [-0.3, -0.25) is 9.69 Å². The maximum atomic E-state index is 12.5. The number of ether oxygens (including phenoxy) is 1. The van der Waals surface area contributed by atoms with E-state index in [0.29, 0.717) is 17.6 Å². The number of carbonyl (C=O) groups is 2. The van der Waals surface area contributed by atoms with E-state index in [1.165, 1.54) is 44.1 Å². The number of nitrogens with zero attached hydrogens (tertiary/aromatic N) is 1. The third kappa shape index (κ3) is 3.63. The van der Waals surface area contributed by atoms with Gasteiger partial charge in [-0.15, -0.1) is 0 Å². The van der Waals surface area contributed by atoms with E-state index in [1.54, 1.807) is 6.92 Å². The Morgan fingerprint density at radius 1 is 1.10 bits per heavy atom. The second-order valence-corrected chi connectivity index (χ2v) is 10.7. The Bertz CT molecular complexity index is 831. The van der Waals surface area contributed by atoms with Crippen molar-refractivity contribution in [3.05, 3.63) is 29.8 Å². The van der Waals surface area contributed by atoms with Gasteiger partial charge in [0.15, 0.2) is 0 Å². The molecule has 1 heterocycles. The average Bonchev–Trinajstić information content (AvgIpc) is 2.95. The third-order valence-electron chi connectivity index (χ3n) is 8.39. The Balaban J connectivity index is 1.18. The summed E-state index contributed by atoms with van der Waals surface area (Å²) in [6, 6.07) is 7.97. The summed E-state index contributed by atoms with van der Waals surface area (Å²) >= 11 is 0. The summed E-state index contributed by atoms with van der Waals surface area (Å²) in [5.74, 6) is 3.16. The number of β-amino-alcohol motifs (C(OH)–C–C–N with tert-alkyl or cyclic N) is 1. The highest BCUT2D eigenvalue weighted by molar-refractivity contribution is 6.06. The van der Waals surface area contributed by atoms with Gasteiger partial charge in [-0.25, -0.2) is 4.79 Å². The van der Waals surface area contributed by atoms with Gasteiger partial charge in [0.1, 0.15) is 24.0 Å². The Hall–Kier alpha value is -2.08. The molecule has 4 saturated carbocycles. The largest absolute Gasteiger partial charge is 0.491 e. The second kappa shape index (κ2) is 7.51. The van der Waals surface area contributed by atoms with Crippen LogP contribution < -0.4 is 10.1 Å². The minimum Gasteiger partial charge on any atom is -0.491 e. The van der Waals surface area contributed by atoms with Crippen molar-refractivity contribution >= 4 is 11.9 Å². The summed E-state index contributed by atoms with van der Waals surface area (Å²) in [5.41, 5.74) is 0.921. The van der Waals surface area contributed by atoms with E-state index < -0.39 is 17.7 Å². The molecule has 168 valence electrons. The zero-order valence-electron chi connectivity index (χ0n) is 18.6. The standard InChI is InChI=1S/C25H34N2O4/c1-3-24(2)22(29)27(23(30)26-24)14-20(28)15-31-21-6-4-19(5-7-21)25-11-16-8-17(12-25)10-18(9-16)13-25/h4-7,16-18,20,28H,3,8-15H2,1-2H3,(H,26,30). The molecule has 4 aliphatic carbocycles. The van der Waals surface area contributed by atoms with E-state index in [1.807, 2.05) is 19.1 Å². The molecular weight excluding hydrogens is 392 g/mol. The number of imide groups is 1. The van der Waals surface area contributed by atoms with E-state index in [9.17, 15) is 14.7 Å². The molecule has 5 aliphatic rings. The number of aliphatic hydroxyl groups is 1. The molecule has 1 saturated heterocycles. The molecule has 5 fully saturated rings. The predicted octanol–water partition coefficient (Wildman–Crippen LogP) is 3.61. The van der Waals surface area contributed by atoms with Crippen LogP contribution in [0.15, 0.2) is 24.3 Å². The molecule has 1 aliphatic heterocycles. The lowest BCUT2D eigenvalue weighted by atomic mass is 9.48. The van der Waals surface area contributed by atoms with Gasteiger partial charge < -0.3 is 15.2 Å². The van der Waals surface area contributed by atoms with Crippen LogP contribution in [0, 0.1) is 17.8 Å². The lowest BCUT2D eigenvalue weighted by molar-refractivity contribution is -0.132. The number of hydrogen-bond acceptors (Lipinski definition) is 4. The first kappa shape index (κ1) is 20.8. The smallest absolute Gasteiger partial charge is 0.325 e. The van der Waals surface area contributed by atoms with Gasteiger partial charge in [0, 0.05) is 0 Å². The average molecular weight is 427 g/mol. The highest BCUT2D eigenvalue weighted by Gasteiger charge is 2.51. The van der Waals surface area contributed by atoms with E-state index in [4.69, 9.17) is 4.74 Å². The van der Waals surface area contributed by atoms with Crippen molar-refractivity contribution in [1.82, 2.24) is 10.2 Å². The van der Waals surface area contributed by atoms with Gasteiger partial charge in [-0.2, -0.15) is 0 Å². The number of amides is 3. The van der Waals surface area contributed by atoms with Crippen molar-refractivity contribution in [2.45, 2.75) is 75.9 Å². The highest BCUT2D eigenvalue weighted by Crippen LogP contribution is 2.60. The number of urea groups is 1. The van der Waals surface area contributed by atoms with Gasteiger partial charge in [0.05, 0.1) is 6.54 Å². The van der Waals surface area contributed by atoms with E-state index in [0.717, 1.165) is 22.7 Å². The zero-order valence-corrected chi connectivity index (χ0v) is 18.6. The van der Waals surface area contributed by atoms with Crippen molar-refractivity contribution in [3.63, 3.8) is 0 Å². The van der Waals surface area contributed by atoms with Gasteiger partial charge in [0.25, 0.3) is 5.91 Å². The van der Waals surface area contributed by atoms with Gasteiger partial charge in [-0.1, -0.05) is 19.1 Å². The van der Waals surface area contributed by atoms with Crippen molar-refractivity contribution in [3.8, 4) is 5.75 Å². The quantitative estimate of drug-likeness (QED) is 0.653. The molecule has 6 nitrogen and oxygen atoms in total. The number of benzene rings is 1. The van der Waals surface area contributed by atoms with Crippen LogP contribution in [0.4, 0.5) is 4.79 Å². The maximum absolute atomic E-state index is 12.5. The molecule has 1 aromatic rings. The second-order valence-electron chi connectivity index (χ2n) is 10.7. The molecule has 2 unspecified atom stereocenters. The van der Waals surface area contributed by atoms with Gasteiger partial charge in [-0.05, 0) is 92.7 Å². The SMILES string of the molecule is CCC1(C)NC(=O)N(CC(O)COc2ccc(C34CC5CC(CC(C5)C3)C4)cc2)C1=O. The normalized spacial score (nSPS) is 37.3. The van der Waals surface area contributed by atoms with Crippen LogP contribution in [0.3, 0.4) is 0 Å². The van der Waals surface area contributed by atoms with Crippen LogP contribution in [-0.2, 0) is 10.2 Å². The Morgan fingerprint density at radius 2 is 1.68 bits per heavy atom. The van der Waals surface area contributed by atoms with Crippen LogP contribution in [-0.4, -0.2) is 46.7 Å². The third-order valence-corrected chi connectivity index (χ3v) is 8.39. The van der Waals surface area contributed by atoms with Crippen LogP contribution in [0.2, 0.25) is 0 Å². The molecule has 1 aromatic carbocycles. The molecule has 0 aromatic heterocycles. The first-order chi connectivity index (χ1) is 14.8. The number of rotatable bonds is 7.